The Morgan fingerprint density at radius 2 is 1.94 bits per heavy atom. The van der Waals surface area contributed by atoms with E-state index in [0.29, 0.717) is 5.13 Å². The Labute approximate surface area is 107 Å². The number of thiazole rings is 1. The molecule has 0 aliphatic carbocycles. The summed E-state index contributed by atoms with van der Waals surface area (Å²) in [6, 6.07) is 10.3. The first-order chi connectivity index (χ1) is 8.31. The minimum absolute atomic E-state index is 0.676. The topological polar surface area (TPSA) is 38.9 Å². The second kappa shape index (κ2) is 5.82. The van der Waals surface area contributed by atoms with E-state index >= 15 is 0 Å². The average Bonchev–Trinajstić information content (AvgIpc) is 2.72. The standard InChI is InChI=1S/C14H18N2S/c1-2-3-5-10-12-13(16-14(15)17-12)11-8-6-4-7-9-11/h4,6-9H,2-3,5,10H2,1H3,(H2,15,16). The van der Waals surface area contributed by atoms with Crippen molar-refractivity contribution in [2.75, 3.05) is 5.73 Å². The molecule has 0 spiro atoms. The van der Waals surface area contributed by atoms with Crippen molar-refractivity contribution in [2.45, 2.75) is 32.6 Å². The molecule has 90 valence electrons. The summed E-state index contributed by atoms with van der Waals surface area (Å²) in [6.07, 6.45) is 4.83. The first kappa shape index (κ1) is 12.1. The van der Waals surface area contributed by atoms with Crippen LogP contribution in [0.4, 0.5) is 5.13 Å². The number of aromatic nitrogens is 1. The van der Waals surface area contributed by atoms with E-state index in [9.17, 15) is 0 Å². The molecule has 0 aliphatic rings. The maximum Gasteiger partial charge on any atom is 0.180 e. The molecule has 2 N–H and O–H groups in total. The van der Waals surface area contributed by atoms with Gasteiger partial charge in [-0.1, -0.05) is 50.1 Å². The van der Waals surface area contributed by atoms with Crippen LogP contribution in [0.3, 0.4) is 0 Å². The number of nitrogens with zero attached hydrogens (tertiary/aromatic N) is 1. The first-order valence-electron chi connectivity index (χ1n) is 6.12. The summed E-state index contributed by atoms with van der Waals surface area (Å²) in [5, 5.41) is 0.676. The number of hydrogen-bond donors (Lipinski definition) is 1. The molecule has 1 aromatic carbocycles. The van der Waals surface area contributed by atoms with Gasteiger partial charge in [0, 0.05) is 10.4 Å². The third-order valence-corrected chi connectivity index (χ3v) is 3.71. The van der Waals surface area contributed by atoms with Crippen LogP contribution in [-0.4, -0.2) is 4.98 Å². The molecule has 2 rings (SSSR count). The molecule has 3 heteroatoms. The summed E-state index contributed by atoms with van der Waals surface area (Å²) in [5.41, 5.74) is 8.07. The van der Waals surface area contributed by atoms with E-state index in [2.05, 4.69) is 24.0 Å². The van der Waals surface area contributed by atoms with Crippen LogP contribution in [0.1, 0.15) is 31.1 Å². The molecule has 0 fully saturated rings. The van der Waals surface area contributed by atoms with Crippen molar-refractivity contribution in [1.82, 2.24) is 4.98 Å². The number of nitrogens with two attached hydrogens (primary N) is 1. The van der Waals surface area contributed by atoms with Gasteiger partial charge in [0.05, 0.1) is 5.69 Å². The maximum absolute atomic E-state index is 5.83. The smallest absolute Gasteiger partial charge is 0.180 e. The first-order valence-corrected chi connectivity index (χ1v) is 6.93. The predicted molar refractivity (Wildman–Crippen MR) is 75.2 cm³/mol. The molecule has 0 saturated heterocycles. The molecule has 0 bridgehead atoms. The number of hydrogen-bond acceptors (Lipinski definition) is 3. The summed E-state index contributed by atoms with van der Waals surface area (Å²) in [7, 11) is 0. The van der Waals surface area contributed by atoms with Crippen LogP contribution >= 0.6 is 11.3 Å². The van der Waals surface area contributed by atoms with Gasteiger partial charge in [0.1, 0.15) is 0 Å². The van der Waals surface area contributed by atoms with Crippen molar-refractivity contribution in [3.8, 4) is 11.3 Å². The molecular weight excluding hydrogens is 228 g/mol. The molecule has 17 heavy (non-hydrogen) atoms. The molecule has 0 unspecified atom stereocenters. The molecule has 1 aromatic heterocycles. The lowest BCUT2D eigenvalue weighted by molar-refractivity contribution is 0.722. The lowest BCUT2D eigenvalue weighted by atomic mass is 10.1. The van der Waals surface area contributed by atoms with E-state index in [-0.39, 0.29) is 0 Å². The van der Waals surface area contributed by atoms with Crippen molar-refractivity contribution < 1.29 is 0 Å². The predicted octanol–water partition coefficient (Wildman–Crippen LogP) is 4.13. The minimum Gasteiger partial charge on any atom is -0.375 e. The molecule has 0 amide bonds. The van der Waals surface area contributed by atoms with E-state index in [0.717, 1.165) is 12.1 Å². The van der Waals surface area contributed by atoms with E-state index < -0.39 is 0 Å². The average molecular weight is 246 g/mol. The van der Waals surface area contributed by atoms with E-state index in [1.165, 1.54) is 29.7 Å². The fourth-order valence-corrected chi connectivity index (χ4v) is 2.79. The summed E-state index contributed by atoms with van der Waals surface area (Å²) < 4.78 is 0. The van der Waals surface area contributed by atoms with Crippen LogP contribution in [0.25, 0.3) is 11.3 Å². The Balaban J connectivity index is 2.22. The summed E-state index contributed by atoms with van der Waals surface area (Å²) >= 11 is 1.63. The van der Waals surface area contributed by atoms with E-state index in [4.69, 9.17) is 5.73 Å². The highest BCUT2D eigenvalue weighted by Gasteiger charge is 2.10. The monoisotopic (exact) mass is 246 g/mol. The molecule has 0 aliphatic heterocycles. The van der Waals surface area contributed by atoms with Crippen molar-refractivity contribution >= 4 is 16.5 Å². The Kier molecular flexibility index (Phi) is 4.15. The lowest BCUT2D eigenvalue weighted by Gasteiger charge is -2.01. The minimum atomic E-state index is 0.676. The van der Waals surface area contributed by atoms with Gasteiger partial charge in [-0.05, 0) is 12.8 Å². The second-order valence-electron chi connectivity index (χ2n) is 4.15. The number of unbranched alkanes of at least 4 members (excludes halogenated alkanes) is 2. The number of aryl methyl sites for hydroxylation is 1. The third kappa shape index (κ3) is 3.07. The van der Waals surface area contributed by atoms with Crippen LogP contribution in [0.15, 0.2) is 30.3 Å². The fourth-order valence-electron chi connectivity index (χ4n) is 1.90. The van der Waals surface area contributed by atoms with Gasteiger partial charge in [-0.25, -0.2) is 4.98 Å². The van der Waals surface area contributed by atoms with Gasteiger partial charge in [-0.15, -0.1) is 11.3 Å². The fraction of sp³-hybridized carbons (Fsp3) is 0.357. The number of rotatable bonds is 5. The second-order valence-corrected chi connectivity index (χ2v) is 5.26. The molecule has 0 radical (unpaired) electrons. The Bertz CT molecular complexity index is 462. The molecule has 0 atom stereocenters. The van der Waals surface area contributed by atoms with E-state index in [1.54, 1.807) is 11.3 Å². The number of nitrogen functional groups attached to an aromatic ring is 1. The maximum atomic E-state index is 5.83. The molecule has 1 heterocycles. The van der Waals surface area contributed by atoms with Gasteiger partial charge < -0.3 is 5.73 Å². The quantitative estimate of drug-likeness (QED) is 0.806. The SMILES string of the molecule is CCCCCc1sc(N)nc1-c1ccccc1. The van der Waals surface area contributed by atoms with Crippen LogP contribution in [0.5, 0.6) is 0 Å². The zero-order valence-electron chi connectivity index (χ0n) is 10.1. The van der Waals surface area contributed by atoms with Crippen molar-refractivity contribution in [1.29, 1.82) is 0 Å². The van der Waals surface area contributed by atoms with Crippen LogP contribution in [-0.2, 0) is 6.42 Å². The third-order valence-electron chi connectivity index (χ3n) is 2.77. The largest absolute Gasteiger partial charge is 0.375 e. The van der Waals surface area contributed by atoms with Crippen molar-refractivity contribution in [3.05, 3.63) is 35.2 Å². The Morgan fingerprint density at radius 3 is 2.65 bits per heavy atom. The van der Waals surface area contributed by atoms with Gasteiger partial charge in [0.25, 0.3) is 0 Å². The molecular formula is C14H18N2S. The van der Waals surface area contributed by atoms with Crippen LogP contribution < -0.4 is 5.73 Å². The van der Waals surface area contributed by atoms with Crippen LogP contribution in [0.2, 0.25) is 0 Å². The molecule has 2 nitrogen and oxygen atoms in total. The molecule has 2 aromatic rings. The highest BCUT2D eigenvalue weighted by molar-refractivity contribution is 7.15. The summed E-state index contributed by atoms with van der Waals surface area (Å²) in [6.45, 7) is 2.22. The molecule has 0 saturated carbocycles. The van der Waals surface area contributed by atoms with Crippen molar-refractivity contribution in [3.63, 3.8) is 0 Å². The summed E-state index contributed by atoms with van der Waals surface area (Å²) in [5.74, 6) is 0. The van der Waals surface area contributed by atoms with Gasteiger partial charge in [0.15, 0.2) is 5.13 Å². The van der Waals surface area contributed by atoms with E-state index in [1.807, 2.05) is 18.2 Å². The number of benzene rings is 1. The zero-order valence-corrected chi connectivity index (χ0v) is 11.0. The zero-order chi connectivity index (χ0) is 12.1. The number of anilines is 1. The summed E-state index contributed by atoms with van der Waals surface area (Å²) in [4.78, 5) is 5.78. The highest BCUT2D eigenvalue weighted by atomic mass is 32.1. The normalized spacial score (nSPS) is 10.6. The van der Waals surface area contributed by atoms with Gasteiger partial charge in [0.2, 0.25) is 0 Å². The van der Waals surface area contributed by atoms with Gasteiger partial charge in [-0.3, -0.25) is 0 Å². The Morgan fingerprint density at radius 1 is 1.18 bits per heavy atom. The van der Waals surface area contributed by atoms with Gasteiger partial charge >= 0.3 is 0 Å². The van der Waals surface area contributed by atoms with Crippen molar-refractivity contribution in [2.24, 2.45) is 0 Å². The Hall–Kier alpha value is -1.35. The lowest BCUT2D eigenvalue weighted by Crippen LogP contribution is -1.87. The highest BCUT2D eigenvalue weighted by Crippen LogP contribution is 2.30. The van der Waals surface area contributed by atoms with Gasteiger partial charge in [-0.2, -0.15) is 0 Å². The van der Waals surface area contributed by atoms with Crippen LogP contribution in [0, 0.1) is 0 Å².